The third-order valence-electron chi connectivity index (χ3n) is 2.85. The fourth-order valence-corrected chi connectivity index (χ4v) is 4.02. The highest BCUT2D eigenvalue weighted by molar-refractivity contribution is 9.10. The third-order valence-corrected chi connectivity index (χ3v) is 4.96. The molecule has 1 heterocycles. The largest absolute Gasteiger partial charge is 0.389 e. The van der Waals surface area contributed by atoms with Gasteiger partial charge in [-0.05, 0) is 58.0 Å². The molecule has 0 amide bonds. The van der Waals surface area contributed by atoms with Crippen LogP contribution < -0.4 is 11.1 Å². The minimum absolute atomic E-state index is 0.426. The average Bonchev–Trinajstić information content (AvgIpc) is 2.78. The topological polar surface area (TPSA) is 38.0 Å². The number of nitrogens with one attached hydrogen (secondary N) is 1. The third kappa shape index (κ3) is 3.60. The van der Waals surface area contributed by atoms with Gasteiger partial charge in [0.25, 0.3) is 0 Å². The molecule has 0 saturated carbocycles. The number of halogens is 1. The Morgan fingerprint density at radius 2 is 2.41 bits per heavy atom. The van der Waals surface area contributed by atoms with Crippen LogP contribution in [0, 0.1) is 5.92 Å². The van der Waals surface area contributed by atoms with E-state index in [0.717, 1.165) is 28.2 Å². The number of rotatable bonds is 4. The lowest BCUT2D eigenvalue weighted by atomic mass is 10.1. The zero-order valence-electron chi connectivity index (χ0n) is 9.41. The van der Waals surface area contributed by atoms with Crippen molar-refractivity contribution in [3.8, 4) is 0 Å². The number of hydrogen-bond acceptors (Lipinski definition) is 3. The molecular formula is C12H15BrN2S2. The first kappa shape index (κ1) is 13.2. The fourth-order valence-electron chi connectivity index (χ4n) is 1.83. The highest BCUT2D eigenvalue weighted by Crippen LogP contribution is 2.25. The van der Waals surface area contributed by atoms with Gasteiger partial charge in [-0.1, -0.05) is 12.2 Å². The molecule has 0 spiro atoms. The van der Waals surface area contributed by atoms with Gasteiger partial charge in [-0.2, -0.15) is 11.8 Å². The van der Waals surface area contributed by atoms with E-state index < -0.39 is 0 Å². The second kappa shape index (κ2) is 6.07. The maximum absolute atomic E-state index is 5.62. The lowest BCUT2D eigenvalue weighted by Crippen LogP contribution is -2.14. The quantitative estimate of drug-likeness (QED) is 0.831. The Balaban J connectivity index is 1.97. The minimum atomic E-state index is 0.426. The van der Waals surface area contributed by atoms with E-state index in [1.807, 2.05) is 30.0 Å². The lowest BCUT2D eigenvalue weighted by molar-refractivity contribution is 0.632. The highest BCUT2D eigenvalue weighted by Gasteiger charge is 2.15. The van der Waals surface area contributed by atoms with E-state index in [4.69, 9.17) is 18.0 Å². The normalized spacial score (nSPS) is 19.2. The van der Waals surface area contributed by atoms with Crippen molar-refractivity contribution in [2.24, 2.45) is 11.7 Å². The van der Waals surface area contributed by atoms with Crippen molar-refractivity contribution in [1.82, 2.24) is 0 Å². The summed E-state index contributed by atoms with van der Waals surface area (Å²) in [5, 5.41) is 3.47. The first-order chi connectivity index (χ1) is 8.16. The van der Waals surface area contributed by atoms with E-state index in [2.05, 4.69) is 21.2 Å². The predicted molar refractivity (Wildman–Crippen MR) is 84.0 cm³/mol. The molecule has 1 saturated heterocycles. The molecule has 2 rings (SSSR count). The van der Waals surface area contributed by atoms with E-state index in [9.17, 15) is 0 Å². The summed E-state index contributed by atoms with van der Waals surface area (Å²) in [6.45, 7) is 1.05. The first-order valence-corrected chi connectivity index (χ1v) is 7.93. The Morgan fingerprint density at radius 3 is 3.00 bits per heavy atom. The van der Waals surface area contributed by atoms with Crippen LogP contribution >= 0.6 is 39.9 Å². The van der Waals surface area contributed by atoms with Crippen LogP contribution in [0.4, 0.5) is 5.69 Å². The van der Waals surface area contributed by atoms with Crippen LogP contribution in [-0.2, 0) is 0 Å². The van der Waals surface area contributed by atoms with Crippen molar-refractivity contribution in [2.45, 2.75) is 6.42 Å². The predicted octanol–water partition coefficient (Wildman–Crippen LogP) is 3.25. The standard InChI is InChI=1S/C12H15BrN2S2/c13-11-5-9(1-2-10(11)12(14)16)15-6-8-3-4-17-7-8/h1-2,5,8,15H,3-4,6-7H2,(H2,14,16). The Labute approximate surface area is 120 Å². The van der Waals surface area contributed by atoms with Gasteiger partial charge in [-0.15, -0.1) is 0 Å². The summed E-state index contributed by atoms with van der Waals surface area (Å²) >= 11 is 10.5. The van der Waals surface area contributed by atoms with Crippen molar-refractivity contribution >= 4 is 50.6 Å². The zero-order valence-corrected chi connectivity index (χ0v) is 12.6. The van der Waals surface area contributed by atoms with E-state index in [1.165, 1.54) is 17.9 Å². The van der Waals surface area contributed by atoms with Gasteiger partial charge in [-0.25, -0.2) is 0 Å². The molecule has 0 aromatic heterocycles. The molecule has 0 aliphatic carbocycles. The van der Waals surface area contributed by atoms with Crippen LogP contribution in [0.25, 0.3) is 0 Å². The van der Waals surface area contributed by atoms with Crippen LogP contribution in [0.3, 0.4) is 0 Å². The van der Waals surface area contributed by atoms with Gasteiger partial charge in [0.2, 0.25) is 0 Å². The van der Waals surface area contributed by atoms with Crippen molar-refractivity contribution in [2.75, 3.05) is 23.4 Å². The average molecular weight is 331 g/mol. The van der Waals surface area contributed by atoms with Gasteiger partial charge in [0.1, 0.15) is 4.99 Å². The molecule has 1 unspecified atom stereocenters. The summed E-state index contributed by atoms with van der Waals surface area (Å²) in [4.78, 5) is 0.426. The summed E-state index contributed by atoms with van der Waals surface area (Å²) < 4.78 is 0.954. The van der Waals surface area contributed by atoms with E-state index in [1.54, 1.807) is 0 Å². The maximum atomic E-state index is 5.62. The van der Waals surface area contributed by atoms with E-state index in [0.29, 0.717) is 4.99 Å². The second-order valence-electron chi connectivity index (χ2n) is 4.17. The van der Waals surface area contributed by atoms with Crippen molar-refractivity contribution < 1.29 is 0 Å². The molecule has 1 aromatic carbocycles. The molecule has 92 valence electrons. The highest BCUT2D eigenvalue weighted by atomic mass is 79.9. The zero-order chi connectivity index (χ0) is 12.3. The molecule has 2 nitrogen and oxygen atoms in total. The summed E-state index contributed by atoms with van der Waals surface area (Å²) in [7, 11) is 0. The fraction of sp³-hybridized carbons (Fsp3) is 0.417. The molecule has 17 heavy (non-hydrogen) atoms. The monoisotopic (exact) mass is 330 g/mol. The van der Waals surface area contributed by atoms with Gasteiger partial charge in [0, 0.05) is 22.3 Å². The molecule has 1 aliphatic rings. The van der Waals surface area contributed by atoms with Gasteiger partial charge in [-0.3, -0.25) is 0 Å². The van der Waals surface area contributed by atoms with Crippen molar-refractivity contribution in [1.29, 1.82) is 0 Å². The molecule has 1 aliphatic heterocycles. The maximum Gasteiger partial charge on any atom is 0.105 e. The van der Waals surface area contributed by atoms with Gasteiger partial charge >= 0.3 is 0 Å². The minimum Gasteiger partial charge on any atom is -0.389 e. The summed E-state index contributed by atoms with van der Waals surface area (Å²) in [6, 6.07) is 6.02. The Morgan fingerprint density at radius 1 is 1.59 bits per heavy atom. The number of anilines is 1. The molecule has 0 radical (unpaired) electrons. The number of hydrogen-bond donors (Lipinski definition) is 2. The number of benzene rings is 1. The SMILES string of the molecule is NC(=S)c1ccc(NCC2CCSC2)cc1Br. The van der Waals surface area contributed by atoms with Crippen LogP contribution in [0.2, 0.25) is 0 Å². The summed E-state index contributed by atoms with van der Waals surface area (Å²) in [5.41, 5.74) is 7.63. The summed E-state index contributed by atoms with van der Waals surface area (Å²) in [5.74, 6) is 3.38. The van der Waals surface area contributed by atoms with Crippen LogP contribution in [-0.4, -0.2) is 23.0 Å². The lowest BCUT2D eigenvalue weighted by Gasteiger charge is -2.12. The molecule has 5 heteroatoms. The first-order valence-electron chi connectivity index (χ1n) is 5.58. The Kier molecular flexibility index (Phi) is 4.70. The van der Waals surface area contributed by atoms with Gasteiger partial charge < -0.3 is 11.1 Å². The Hall–Kier alpha value is -0.260. The van der Waals surface area contributed by atoms with Crippen molar-refractivity contribution in [3.63, 3.8) is 0 Å². The van der Waals surface area contributed by atoms with Gasteiger partial charge in [0.15, 0.2) is 0 Å². The Bertz CT molecular complexity index is 417. The number of thiocarbonyl (C=S) groups is 1. The second-order valence-corrected chi connectivity index (χ2v) is 6.61. The van der Waals surface area contributed by atoms with Crippen LogP contribution in [0.5, 0.6) is 0 Å². The van der Waals surface area contributed by atoms with Gasteiger partial charge in [0.05, 0.1) is 0 Å². The molecule has 0 bridgehead atoms. The molecular weight excluding hydrogens is 316 g/mol. The molecule has 1 fully saturated rings. The smallest absolute Gasteiger partial charge is 0.105 e. The number of thioether (sulfide) groups is 1. The van der Waals surface area contributed by atoms with E-state index >= 15 is 0 Å². The number of nitrogens with two attached hydrogens (primary N) is 1. The summed E-state index contributed by atoms with van der Waals surface area (Å²) in [6.07, 6.45) is 1.32. The molecule has 1 atom stereocenters. The van der Waals surface area contributed by atoms with E-state index in [-0.39, 0.29) is 0 Å². The molecule has 1 aromatic rings. The molecule has 3 N–H and O–H groups in total. The van der Waals surface area contributed by atoms with Crippen LogP contribution in [0.15, 0.2) is 22.7 Å². The van der Waals surface area contributed by atoms with Crippen LogP contribution in [0.1, 0.15) is 12.0 Å². The van der Waals surface area contributed by atoms with Crippen molar-refractivity contribution in [3.05, 3.63) is 28.2 Å².